The molecule has 2 aliphatic rings. The maximum atomic E-state index is 12.6. The van der Waals surface area contributed by atoms with E-state index in [1.807, 2.05) is 4.90 Å². The average molecular weight is 277 g/mol. The largest absolute Gasteiger partial charge is 0.381 e. The predicted molar refractivity (Wildman–Crippen MR) is 73.8 cm³/mol. The molecule has 0 unspecified atom stereocenters. The summed E-state index contributed by atoms with van der Waals surface area (Å²) in [6.45, 7) is 3.65. The van der Waals surface area contributed by atoms with Crippen LogP contribution in [0.2, 0.25) is 0 Å². The van der Waals surface area contributed by atoms with Crippen LogP contribution in [0.5, 0.6) is 0 Å². The predicted octanol–water partition coefficient (Wildman–Crippen LogP) is 1.57. The van der Waals surface area contributed by atoms with Gasteiger partial charge in [0.2, 0.25) is 5.91 Å². The number of hydrogen-bond acceptors (Lipinski definition) is 3. The van der Waals surface area contributed by atoms with Crippen molar-refractivity contribution in [3.8, 4) is 0 Å². The quantitative estimate of drug-likeness (QED) is 0.833. The Bertz CT molecular complexity index is 260. The zero-order valence-corrected chi connectivity index (χ0v) is 11.8. The molecule has 2 rings (SSSR count). The van der Waals surface area contributed by atoms with Crippen LogP contribution in [0, 0.1) is 5.41 Å². The van der Waals surface area contributed by atoms with Gasteiger partial charge in [0.05, 0.1) is 5.41 Å². The average Bonchev–Trinajstić information content (AvgIpc) is 2.67. The molecule has 5 heteroatoms. The molecule has 2 heterocycles. The second kappa shape index (κ2) is 7.31. The molecule has 2 saturated heterocycles. The van der Waals surface area contributed by atoms with Crippen molar-refractivity contribution in [1.29, 1.82) is 0 Å². The van der Waals surface area contributed by atoms with Gasteiger partial charge in [0, 0.05) is 32.8 Å². The number of carbonyl (C=O) groups excluding carboxylic acids is 1. The molecule has 1 amide bonds. The van der Waals surface area contributed by atoms with E-state index in [1.54, 1.807) is 0 Å². The van der Waals surface area contributed by atoms with Crippen LogP contribution in [0.25, 0.3) is 0 Å². The fraction of sp³-hybridized carbons (Fsp3) is 0.923. The van der Waals surface area contributed by atoms with Gasteiger partial charge in [-0.1, -0.05) is 12.8 Å². The molecule has 2 fully saturated rings. The summed E-state index contributed by atoms with van der Waals surface area (Å²) in [5.41, 5.74) is 5.55. The molecule has 2 N–H and O–H groups in total. The number of carbonyl (C=O) groups is 1. The molecule has 0 aromatic rings. The fourth-order valence-electron chi connectivity index (χ4n) is 2.88. The van der Waals surface area contributed by atoms with Crippen molar-refractivity contribution >= 4 is 18.3 Å². The zero-order valence-electron chi connectivity index (χ0n) is 11.0. The van der Waals surface area contributed by atoms with E-state index < -0.39 is 0 Å². The minimum Gasteiger partial charge on any atom is -0.381 e. The van der Waals surface area contributed by atoms with Crippen LogP contribution in [0.1, 0.15) is 38.5 Å². The van der Waals surface area contributed by atoms with Crippen molar-refractivity contribution in [2.75, 3.05) is 32.8 Å². The van der Waals surface area contributed by atoms with Gasteiger partial charge in [-0.2, -0.15) is 0 Å². The van der Waals surface area contributed by atoms with Crippen molar-refractivity contribution in [1.82, 2.24) is 4.90 Å². The summed E-state index contributed by atoms with van der Waals surface area (Å²) in [6, 6.07) is 0. The first-order valence-corrected chi connectivity index (χ1v) is 6.86. The van der Waals surface area contributed by atoms with Crippen molar-refractivity contribution in [2.45, 2.75) is 38.5 Å². The van der Waals surface area contributed by atoms with Gasteiger partial charge in [-0.25, -0.2) is 0 Å². The molecule has 106 valence electrons. The molecule has 18 heavy (non-hydrogen) atoms. The molecule has 0 bridgehead atoms. The van der Waals surface area contributed by atoms with E-state index in [9.17, 15) is 4.79 Å². The lowest BCUT2D eigenvalue weighted by molar-refractivity contribution is -0.147. The molecular weight excluding hydrogens is 252 g/mol. The number of halogens is 1. The molecular formula is C13H25ClN2O2. The van der Waals surface area contributed by atoms with Crippen LogP contribution >= 0.6 is 12.4 Å². The Morgan fingerprint density at radius 3 is 2.17 bits per heavy atom. The molecule has 0 spiro atoms. The van der Waals surface area contributed by atoms with Gasteiger partial charge in [-0.05, 0) is 25.7 Å². The number of ether oxygens (including phenoxy) is 1. The lowest BCUT2D eigenvalue weighted by Gasteiger charge is -2.38. The van der Waals surface area contributed by atoms with Crippen molar-refractivity contribution in [3.05, 3.63) is 0 Å². The number of nitrogens with zero attached hydrogens (tertiary/aromatic N) is 1. The second-order valence-corrected chi connectivity index (χ2v) is 5.30. The highest BCUT2D eigenvalue weighted by atomic mass is 35.5. The summed E-state index contributed by atoms with van der Waals surface area (Å²) in [7, 11) is 0. The Morgan fingerprint density at radius 1 is 1.11 bits per heavy atom. The van der Waals surface area contributed by atoms with E-state index in [2.05, 4.69) is 0 Å². The fourth-order valence-corrected chi connectivity index (χ4v) is 2.88. The van der Waals surface area contributed by atoms with Gasteiger partial charge in [-0.15, -0.1) is 12.4 Å². The number of nitrogens with two attached hydrogens (primary N) is 1. The summed E-state index contributed by atoms with van der Waals surface area (Å²) >= 11 is 0. The summed E-state index contributed by atoms with van der Waals surface area (Å²) in [4.78, 5) is 14.7. The third-order valence-electron chi connectivity index (χ3n) is 4.19. The van der Waals surface area contributed by atoms with Gasteiger partial charge >= 0.3 is 0 Å². The summed E-state index contributed by atoms with van der Waals surface area (Å²) in [5, 5.41) is 0. The minimum atomic E-state index is -0.331. The first kappa shape index (κ1) is 15.7. The number of hydrogen-bond donors (Lipinski definition) is 1. The third-order valence-corrected chi connectivity index (χ3v) is 4.19. The molecule has 4 nitrogen and oxygen atoms in total. The van der Waals surface area contributed by atoms with Gasteiger partial charge in [0.15, 0.2) is 0 Å². The van der Waals surface area contributed by atoms with Crippen molar-refractivity contribution < 1.29 is 9.53 Å². The Balaban J connectivity index is 0.00000162. The highest BCUT2D eigenvalue weighted by Gasteiger charge is 2.41. The zero-order chi connectivity index (χ0) is 12.1. The Kier molecular flexibility index (Phi) is 6.39. The van der Waals surface area contributed by atoms with E-state index in [0.29, 0.717) is 19.8 Å². The van der Waals surface area contributed by atoms with E-state index in [4.69, 9.17) is 10.5 Å². The first-order valence-electron chi connectivity index (χ1n) is 6.86. The molecule has 0 saturated carbocycles. The van der Waals surface area contributed by atoms with Crippen LogP contribution < -0.4 is 5.73 Å². The normalized spacial score (nSPS) is 23.9. The number of likely N-dealkylation sites (tertiary alicyclic amines) is 1. The number of amides is 1. The van der Waals surface area contributed by atoms with E-state index in [-0.39, 0.29) is 23.7 Å². The molecule has 0 aromatic heterocycles. The maximum absolute atomic E-state index is 12.6. The molecule has 0 aromatic carbocycles. The van der Waals surface area contributed by atoms with Crippen molar-refractivity contribution in [2.24, 2.45) is 11.1 Å². The monoisotopic (exact) mass is 276 g/mol. The lowest BCUT2D eigenvalue weighted by Crippen LogP contribution is -2.51. The summed E-state index contributed by atoms with van der Waals surface area (Å²) < 4.78 is 5.36. The van der Waals surface area contributed by atoms with E-state index in [1.165, 1.54) is 12.8 Å². The topological polar surface area (TPSA) is 55.6 Å². The SMILES string of the molecule is Cl.NCC1(C(=O)N2CCCCCC2)CCOCC1. The number of rotatable bonds is 2. The Labute approximate surface area is 116 Å². The van der Waals surface area contributed by atoms with Gasteiger partial charge in [0.25, 0.3) is 0 Å². The minimum absolute atomic E-state index is 0. The van der Waals surface area contributed by atoms with Gasteiger partial charge < -0.3 is 15.4 Å². The lowest BCUT2D eigenvalue weighted by atomic mass is 9.79. The molecule has 0 aliphatic carbocycles. The third kappa shape index (κ3) is 3.37. The highest BCUT2D eigenvalue weighted by molar-refractivity contribution is 5.85. The molecule has 2 aliphatic heterocycles. The van der Waals surface area contributed by atoms with E-state index in [0.717, 1.165) is 38.8 Å². The highest BCUT2D eigenvalue weighted by Crippen LogP contribution is 2.32. The van der Waals surface area contributed by atoms with Gasteiger partial charge in [-0.3, -0.25) is 4.79 Å². The van der Waals surface area contributed by atoms with E-state index >= 15 is 0 Å². The smallest absolute Gasteiger partial charge is 0.230 e. The van der Waals surface area contributed by atoms with Crippen LogP contribution in [-0.4, -0.2) is 43.7 Å². The second-order valence-electron chi connectivity index (χ2n) is 5.30. The van der Waals surface area contributed by atoms with Crippen LogP contribution in [0.3, 0.4) is 0 Å². The Hall–Kier alpha value is -0.320. The summed E-state index contributed by atoms with van der Waals surface area (Å²) in [6.07, 6.45) is 6.37. The van der Waals surface area contributed by atoms with Crippen LogP contribution in [0.15, 0.2) is 0 Å². The van der Waals surface area contributed by atoms with Crippen LogP contribution in [0.4, 0.5) is 0 Å². The summed E-state index contributed by atoms with van der Waals surface area (Å²) in [5.74, 6) is 0.283. The standard InChI is InChI=1S/C13H24N2O2.ClH/c14-11-13(5-9-17-10-6-13)12(16)15-7-3-1-2-4-8-15;/h1-11,14H2;1H. The van der Waals surface area contributed by atoms with Crippen molar-refractivity contribution in [3.63, 3.8) is 0 Å². The molecule has 0 atom stereocenters. The first-order chi connectivity index (χ1) is 8.28. The van der Waals surface area contributed by atoms with Gasteiger partial charge in [0.1, 0.15) is 0 Å². The maximum Gasteiger partial charge on any atom is 0.230 e. The molecule has 0 radical (unpaired) electrons. The van der Waals surface area contributed by atoms with Crippen LogP contribution in [-0.2, 0) is 9.53 Å². The Morgan fingerprint density at radius 2 is 1.67 bits per heavy atom.